The van der Waals surface area contributed by atoms with Crippen molar-refractivity contribution in [3.8, 4) is 0 Å². The summed E-state index contributed by atoms with van der Waals surface area (Å²) in [5.74, 6) is -0.325. The highest BCUT2D eigenvalue weighted by molar-refractivity contribution is 6.02. The number of rotatable bonds is 4. The molecule has 0 radical (unpaired) electrons. The van der Waals surface area contributed by atoms with Crippen LogP contribution in [0.4, 0.5) is 0 Å². The van der Waals surface area contributed by atoms with Gasteiger partial charge in [0.2, 0.25) is 0 Å². The maximum absolute atomic E-state index is 11.8. The number of hydrogen-bond donors (Lipinski definition) is 1. The number of amides is 2. The van der Waals surface area contributed by atoms with Gasteiger partial charge in [-0.25, -0.2) is 0 Å². The topological polar surface area (TPSA) is 58.6 Å². The largest absolute Gasteiger partial charge is 0.355 e. The third kappa shape index (κ3) is 2.10. The van der Waals surface area contributed by atoms with E-state index in [1.807, 2.05) is 13.8 Å². The second-order valence-corrected chi connectivity index (χ2v) is 4.63. The number of morpholine rings is 1. The summed E-state index contributed by atoms with van der Waals surface area (Å²) in [6, 6.07) is 0.364. The monoisotopic (exact) mass is 226 g/mol. The normalized spacial score (nSPS) is 29.3. The third-order valence-corrected chi connectivity index (χ3v) is 2.99. The minimum absolute atomic E-state index is 0.163. The minimum atomic E-state index is -0.373. The quantitative estimate of drug-likeness (QED) is 0.680. The summed E-state index contributed by atoms with van der Waals surface area (Å²) in [6.07, 6.45) is 0.621. The first-order chi connectivity index (χ1) is 7.59. The molecule has 2 fully saturated rings. The average molecular weight is 226 g/mol. The number of hydrogen-bond acceptors (Lipinski definition) is 4. The molecule has 2 saturated heterocycles. The molecule has 2 unspecified atom stereocenters. The fourth-order valence-electron chi connectivity index (χ4n) is 2.14. The maximum atomic E-state index is 11.8. The van der Waals surface area contributed by atoms with Crippen molar-refractivity contribution in [1.82, 2.24) is 10.2 Å². The molecule has 0 spiro atoms. The van der Waals surface area contributed by atoms with Crippen molar-refractivity contribution >= 4 is 11.8 Å². The highest BCUT2D eigenvalue weighted by Crippen LogP contribution is 2.27. The van der Waals surface area contributed by atoms with Crippen molar-refractivity contribution in [3.63, 3.8) is 0 Å². The van der Waals surface area contributed by atoms with Crippen molar-refractivity contribution in [1.29, 1.82) is 0 Å². The van der Waals surface area contributed by atoms with Gasteiger partial charge in [0.1, 0.15) is 12.2 Å². The molecule has 1 N–H and O–H groups in total. The molecule has 0 aromatic carbocycles. The van der Waals surface area contributed by atoms with Crippen LogP contribution in [-0.4, -0.2) is 48.1 Å². The zero-order valence-electron chi connectivity index (χ0n) is 9.73. The van der Waals surface area contributed by atoms with Crippen molar-refractivity contribution in [2.24, 2.45) is 0 Å². The van der Waals surface area contributed by atoms with E-state index in [9.17, 15) is 9.59 Å². The first-order valence-electron chi connectivity index (χ1n) is 5.83. The van der Waals surface area contributed by atoms with E-state index in [1.54, 1.807) is 0 Å². The number of fused-ring (bicyclic) bond motifs is 2. The first-order valence-corrected chi connectivity index (χ1v) is 5.83. The van der Waals surface area contributed by atoms with Crippen LogP contribution in [0.1, 0.15) is 26.7 Å². The number of carbonyl (C=O) groups excluding carboxylic acids is 2. The SMILES string of the molecule is CC(C)NCCN1C(=O)C2CCC(O2)C1=O. The lowest BCUT2D eigenvalue weighted by Gasteiger charge is -2.30. The molecular weight excluding hydrogens is 208 g/mol. The molecular formula is C11H18N2O3. The van der Waals surface area contributed by atoms with Crippen molar-refractivity contribution in [2.45, 2.75) is 44.9 Å². The number of likely N-dealkylation sites (tertiary alicyclic amines) is 1. The maximum Gasteiger partial charge on any atom is 0.258 e. The third-order valence-electron chi connectivity index (χ3n) is 2.99. The van der Waals surface area contributed by atoms with E-state index in [4.69, 9.17) is 4.74 Å². The van der Waals surface area contributed by atoms with Crippen LogP contribution in [0, 0.1) is 0 Å². The second kappa shape index (κ2) is 4.51. The lowest BCUT2D eigenvalue weighted by molar-refractivity contribution is -0.168. The predicted molar refractivity (Wildman–Crippen MR) is 57.8 cm³/mol. The van der Waals surface area contributed by atoms with Gasteiger partial charge in [0.25, 0.3) is 11.8 Å². The van der Waals surface area contributed by atoms with E-state index < -0.39 is 0 Å². The van der Waals surface area contributed by atoms with Crippen LogP contribution < -0.4 is 5.32 Å². The Kier molecular flexibility index (Phi) is 3.25. The number of imide groups is 1. The average Bonchev–Trinajstić information content (AvgIpc) is 2.67. The standard InChI is InChI=1S/C11H18N2O3/c1-7(2)12-5-6-13-10(14)8-3-4-9(16-8)11(13)15/h7-9,12H,3-6H2,1-2H3. The molecule has 2 bridgehead atoms. The summed E-state index contributed by atoms with van der Waals surface area (Å²) in [7, 11) is 0. The van der Waals surface area contributed by atoms with Gasteiger partial charge < -0.3 is 10.1 Å². The smallest absolute Gasteiger partial charge is 0.258 e. The van der Waals surface area contributed by atoms with E-state index in [0.29, 0.717) is 32.0 Å². The molecule has 0 saturated carbocycles. The molecule has 2 aliphatic rings. The zero-order chi connectivity index (χ0) is 11.7. The molecule has 0 aromatic heterocycles. The Labute approximate surface area is 95.1 Å². The van der Waals surface area contributed by atoms with Crippen LogP contribution in [0.25, 0.3) is 0 Å². The Balaban J connectivity index is 1.92. The van der Waals surface area contributed by atoms with Gasteiger partial charge in [-0.3, -0.25) is 14.5 Å². The van der Waals surface area contributed by atoms with Gasteiger partial charge in [0.15, 0.2) is 0 Å². The molecule has 16 heavy (non-hydrogen) atoms. The van der Waals surface area contributed by atoms with Crippen molar-refractivity contribution in [3.05, 3.63) is 0 Å². The van der Waals surface area contributed by atoms with Crippen LogP contribution in [0.5, 0.6) is 0 Å². The van der Waals surface area contributed by atoms with Crippen LogP contribution >= 0.6 is 0 Å². The molecule has 0 aromatic rings. The van der Waals surface area contributed by atoms with E-state index in [1.165, 1.54) is 4.90 Å². The number of carbonyl (C=O) groups is 2. The summed E-state index contributed by atoms with van der Waals surface area (Å²) in [4.78, 5) is 25.0. The number of ether oxygens (including phenoxy) is 1. The lowest BCUT2D eigenvalue weighted by atomic mass is 10.2. The van der Waals surface area contributed by atoms with Gasteiger partial charge in [0, 0.05) is 19.1 Å². The summed E-state index contributed by atoms with van der Waals surface area (Å²) in [5.41, 5.74) is 0. The van der Waals surface area contributed by atoms with E-state index in [0.717, 1.165) is 0 Å². The van der Waals surface area contributed by atoms with Gasteiger partial charge in [-0.05, 0) is 12.8 Å². The van der Waals surface area contributed by atoms with Gasteiger partial charge in [-0.15, -0.1) is 0 Å². The van der Waals surface area contributed by atoms with Gasteiger partial charge in [0.05, 0.1) is 0 Å². The summed E-state index contributed by atoms with van der Waals surface area (Å²) in [6.45, 7) is 5.17. The Bertz CT molecular complexity index is 282. The molecule has 5 nitrogen and oxygen atoms in total. The van der Waals surface area contributed by atoms with Crippen LogP contribution in [0.15, 0.2) is 0 Å². The lowest BCUT2D eigenvalue weighted by Crippen LogP contribution is -2.53. The summed E-state index contributed by atoms with van der Waals surface area (Å²) < 4.78 is 5.32. The number of nitrogens with one attached hydrogen (secondary N) is 1. The summed E-state index contributed by atoms with van der Waals surface area (Å²) >= 11 is 0. The van der Waals surface area contributed by atoms with Gasteiger partial charge in [-0.1, -0.05) is 13.8 Å². The minimum Gasteiger partial charge on any atom is -0.355 e. The molecule has 2 amide bonds. The van der Waals surface area contributed by atoms with Crippen LogP contribution in [-0.2, 0) is 14.3 Å². The van der Waals surface area contributed by atoms with Crippen molar-refractivity contribution in [2.75, 3.05) is 13.1 Å². The first kappa shape index (κ1) is 11.5. The Hall–Kier alpha value is -0.940. The highest BCUT2D eigenvalue weighted by Gasteiger charge is 2.45. The molecule has 2 atom stereocenters. The zero-order valence-corrected chi connectivity index (χ0v) is 9.73. The van der Waals surface area contributed by atoms with Gasteiger partial charge >= 0.3 is 0 Å². The van der Waals surface area contributed by atoms with Crippen molar-refractivity contribution < 1.29 is 14.3 Å². The molecule has 5 heteroatoms. The van der Waals surface area contributed by atoms with Crippen LogP contribution in [0.3, 0.4) is 0 Å². The van der Waals surface area contributed by atoms with E-state index >= 15 is 0 Å². The Morgan fingerprint density at radius 2 is 1.88 bits per heavy atom. The van der Waals surface area contributed by atoms with E-state index in [2.05, 4.69) is 5.32 Å². The Morgan fingerprint density at radius 3 is 2.38 bits per heavy atom. The predicted octanol–water partition coefficient (Wildman–Crippen LogP) is -0.0992. The molecule has 2 aliphatic heterocycles. The molecule has 90 valence electrons. The fourth-order valence-corrected chi connectivity index (χ4v) is 2.14. The van der Waals surface area contributed by atoms with E-state index in [-0.39, 0.29) is 24.0 Å². The number of nitrogens with zero attached hydrogens (tertiary/aromatic N) is 1. The summed E-state index contributed by atoms with van der Waals surface area (Å²) in [5, 5.41) is 3.20. The Morgan fingerprint density at radius 1 is 1.31 bits per heavy atom. The van der Waals surface area contributed by atoms with Crippen LogP contribution in [0.2, 0.25) is 0 Å². The second-order valence-electron chi connectivity index (χ2n) is 4.63. The fraction of sp³-hybridized carbons (Fsp3) is 0.818. The molecule has 2 rings (SSSR count). The molecule has 0 aliphatic carbocycles. The van der Waals surface area contributed by atoms with Gasteiger partial charge in [-0.2, -0.15) is 0 Å². The molecule has 2 heterocycles. The highest BCUT2D eigenvalue weighted by atomic mass is 16.5.